The monoisotopic (exact) mass is 302 g/mol. The molecule has 119 valence electrons. The smallest absolute Gasteiger partial charge is 0.227 e. The maximum absolute atomic E-state index is 12.2. The van der Waals surface area contributed by atoms with Crippen molar-refractivity contribution in [1.29, 1.82) is 0 Å². The highest BCUT2D eigenvalue weighted by Gasteiger charge is 2.32. The van der Waals surface area contributed by atoms with Gasteiger partial charge < -0.3 is 10.6 Å². The fraction of sp³-hybridized carbons (Fsp3) is 0.471. The predicted octanol–water partition coefficient (Wildman–Crippen LogP) is 1.05. The average molecular weight is 302 g/mol. The third-order valence-electron chi connectivity index (χ3n) is 4.05. The Labute approximate surface area is 132 Å². The SMILES string of the molecule is CC(C)([CH]C(=O)N1CCN(Cc2ccccc2)CC1)C(N)=O. The fourth-order valence-electron chi connectivity index (χ4n) is 2.44. The van der Waals surface area contributed by atoms with E-state index >= 15 is 0 Å². The van der Waals surface area contributed by atoms with Crippen LogP contribution in [0, 0.1) is 11.8 Å². The molecule has 22 heavy (non-hydrogen) atoms. The molecule has 1 aromatic rings. The molecule has 1 heterocycles. The number of hydrogen-bond acceptors (Lipinski definition) is 3. The molecule has 1 aromatic carbocycles. The zero-order valence-electron chi connectivity index (χ0n) is 13.3. The van der Waals surface area contributed by atoms with Crippen LogP contribution < -0.4 is 5.73 Å². The summed E-state index contributed by atoms with van der Waals surface area (Å²) in [5.41, 5.74) is 5.68. The van der Waals surface area contributed by atoms with Crippen molar-refractivity contribution in [1.82, 2.24) is 9.80 Å². The normalized spacial score (nSPS) is 16.5. The van der Waals surface area contributed by atoms with E-state index < -0.39 is 11.3 Å². The minimum atomic E-state index is -0.905. The van der Waals surface area contributed by atoms with Gasteiger partial charge >= 0.3 is 0 Å². The van der Waals surface area contributed by atoms with Crippen LogP contribution in [0.25, 0.3) is 0 Å². The highest BCUT2D eigenvalue weighted by atomic mass is 16.2. The van der Waals surface area contributed by atoms with Gasteiger partial charge in [-0.25, -0.2) is 0 Å². The second-order valence-corrected chi connectivity index (χ2v) is 6.32. The lowest BCUT2D eigenvalue weighted by molar-refractivity contribution is -0.134. The third-order valence-corrected chi connectivity index (χ3v) is 4.05. The number of benzene rings is 1. The van der Waals surface area contributed by atoms with Crippen molar-refractivity contribution in [3.8, 4) is 0 Å². The van der Waals surface area contributed by atoms with E-state index in [1.54, 1.807) is 18.7 Å². The summed E-state index contributed by atoms with van der Waals surface area (Å²) in [6.07, 6.45) is 1.43. The Hall–Kier alpha value is -1.88. The summed E-state index contributed by atoms with van der Waals surface area (Å²) >= 11 is 0. The van der Waals surface area contributed by atoms with Crippen molar-refractivity contribution in [2.45, 2.75) is 20.4 Å². The van der Waals surface area contributed by atoms with Crippen molar-refractivity contribution in [2.75, 3.05) is 26.2 Å². The molecular weight excluding hydrogens is 278 g/mol. The largest absolute Gasteiger partial charge is 0.369 e. The number of amides is 2. The van der Waals surface area contributed by atoms with Gasteiger partial charge in [0, 0.05) is 32.7 Å². The van der Waals surface area contributed by atoms with E-state index in [-0.39, 0.29) is 5.91 Å². The summed E-state index contributed by atoms with van der Waals surface area (Å²) in [5, 5.41) is 0. The van der Waals surface area contributed by atoms with E-state index in [4.69, 9.17) is 5.73 Å². The maximum atomic E-state index is 12.2. The molecule has 1 saturated heterocycles. The molecule has 2 rings (SSSR count). The molecule has 2 N–H and O–H groups in total. The lowest BCUT2D eigenvalue weighted by Crippen LogP contribution is -2.50. The second-order valence-electron chi connectivity index (χ2n) is 6.32. The van der Waals surface area contributed by atoms with Gasteiger partial charge in [-0.2, -0.15) is 0 Å². The lowest BCUT2D eigenvalue weighted by Gasteiger charge is -2.35. The number of carbonyl (C=O) groups excluding carboxylic acids is 2. The van der Waals surface area contributed by atoms with Gasteiger partial charge in [0.1, 0.15) is 0 Å². The molecule has 0 bridgehead atoms. The van der Waals surface area contributed by atoms with E-state index in [2.05, 4.69) is 17.0 Å². The first-order chi connectivity index (χ1) is 10.4. The first kappa shape index (κ1) is 16.5. The van der Waals surface area contributed by atoms with Crippen LogP contribution in [0.2, 0.25) is 0 Å². The quantitative estimate of drug-likeness (QED) is 0.884. The van der Waals surface area contributed by atoms with Crippen molar-refractivity contribution in [2.24, 2.45) is 11.1 Å². The van der Waals surface area contributed by atoms with Crippen LogP contribution in [-0.4, -0.2) is 47.8 Å². The number of piperazine rings is 1. The first-order valence-electron chi connectivity index (χ1n) is 7.59. The van der Waals surface area contributed by atoms with Gasteiger partial charge in [0.05, 0.1) is 11.8 Å². The molecule has 5 nitrogen and oxygen atoms in total. The van der Waals surface area contributed by atoms with Crippen LogP contribution in [0.5, 0.6) is 0 Å². The molecule has 0 aliphatic carbocycles. The number of nitrogens with two attached hydrogens (primary N) is 1. The highest BCUT2D eigenvalue weighted by Crippen LogP contribution is 2.20. The lowest BCUT2D eigenvalue weighted by atomic mass is 9.88. The predicted molar refractivity (Wildman–Crippen MR) is 85.6 cm³/mol. The summed E-state index contributed by atoms with van der Waals surface area (Å²) in [6.45, 7) is 7.27. The van der Waals surface area contributed by atoms with Gasteiger partial charge in [0.25, 0.3) is 0 Å². The van der Waals surface area contributed by atoms with Crippen molar-refractivity contribution < 1.29 is 9.59 Å². The zero-order chi connectivity index (χ0) is 16.2. The third kappa shape index (κ3) is 4.31. The van der Waals surface area contributed by atoms with Crippen LogP contribution in [0.4, 0.5) is 0 Å². The Morgan fingerprint density at radius 2 is 1.73 bits per heavy atom. The van der Waals surface area contributed by atoms with Gasteiger partial charge in [-0.15, -0.1) is 0 Å². The highest BCUT2D eigenvalue weighted by molar-refractivity contribution is 5.94. The standard InChI is InChI=1S/C17H24N3O2/c1-17(2,16(18)22)12-15(21)20-10-8-19(9-11-20)13-14-6-4-3-5-7-14/h3-7,12H,8-11,13H2,1-2H3,(H2,18,22). The van der Waals surface area contributed by atoms with Crippen LogP contribution in [0.15, 0.2) is 30.3 Å². The number of hydrogen-bond donors (Lipinski definition) is 1. The molecule has 1 aliphatic rings. The zero-order valence-corrected chi connectivity index (χ0v) is 13.3. The summed E-state index contributed by atoms with van der Waals surface area (Å²) in [5.74, 6) is -0.591. The molecule has 0 saturated carbocycles. The summed E-state index contributed by atoms with van der Waals surface area (Å²) in [4.78, 5) is 27.6. The Morgan fingerprint density at radius 1 is 1.14 bits per heavy atom. The molecule has 2 amide bonds. The molecule has 0 spiro atoms. The fourth-order valence-corrected chi connectivity index (χ4v) is 2.44. The van der Waals surface area contributed by atoms with Gasteiger partial charge in [0.15, 0.2) is 0 Å². The van der Waals surface area contributed by atoms with E-state index in [1.165, 1.54) is 12.0 Å². The Kier molecular flexibility index (Phi) is 5.19. The molecule has 0 unspecified atom stereocenters. The van der Waals surface area contributed by atoms with E-state index in [9.17, 15) is 9.59 Å². The molecule has 0 atom stereocenters. The van der Waals surface area contributed by atoms with Crippen LogP contribution in [0.3, 0.4) is 0 Å². The van der Waals surface area contributed by atoms with Crippen molar-refractivity contribution in [3.63, 3.8) is 0 Å². The minimum Gasteiger partial charge on any atom is -0.369 e. The summed E-state index contributed by atoms with van der Waals surface area (Å²) < 4.78 is 0. The second kappa shape index (κ2) is 6.92. The maximum Gasteiger partial charge on any atom is 0.227 e. The van der Waals surface area contributed by atoms with E-state index in [1.807, 2.05) is 18.2 Å². The topological polar surface area (TPSA) is 66.6 Å². The first-order valence-corrected chi connectivity index (χ1v) is 7.59. The molecule has 0 aromatic heterocycles. The van der Waals surface area contributed by atoms with Gasteiger partial charge in [-0.1, -0.05) is 44.2 Å². The van der Waals surface area contributed by atoms with Gasteiger partial charge in [-0.05, 0) is 5.56 Å². The van der Waals surface area contributed by atoms with Crippen LogP contribution in [0.1, 0.15) is 19.4 Å². The number of rotatable bonds is 5. The summed E-state index contributed by atoms with van der Waals surface area (Å²) in [6, 6.07) is 10.3. The van der Waals surface area contributed by atoms with E-state index in [0.29, 0.717) is 13.1 Å². The van der Waals surface area contributed by atoms with Crippen LogP contribution in [-0.2, 0) is 16.1 Å². The molecule has 1 radical (unpaired) electrons. The number of carbonyl (C=O) groups is 2. The number of primary amides is 1. The average Bonchev–Trinajstić information content (AvgIpc) is 2.48. The number of nitrogens with zero attached hydrogens (tertiary/aromatic N) is 2. The Morgan fingerprint density at radius 3 is 2.27 bits per heavy atom. The van der Waals surface area contributed by atoms with Crippen molar-refractivity contribution in [3.05, 3.63) is 42.3 Å². The Bertz CT molecular complexity index is 520. The van der Waals surface area contributed by atoms with Crippen LogP contribution >= 0.6 is 0 Å². The van der Waals surface area contributed by atoms with E-state index in [0.717, 1.165) is 19.6 Å². The Balaban J connectivity index is 1.82. The minimum absolute atomic E-state index is 0.108. The van der Waals surface area contributed by atoms with Gasteiger partial charge in [0.2, 0.25) is 11.8 Å². The molecule has 1 fully saturated rings. The molecular formula is C17H24N3O2. The van der Waals surface area contributed by atoms with Gasteiger partial charge in [-0.3, -0.25) is 14.5 Å². The summed E-state index contributed by atoms with van der Waals surface area (Å²) in [7, 11) is 0. The van der Waals surface area contributed by atoms with Crippen molar-refractivity contribution >= 4 is 11.8 Å². The molecule has 1 aliphatic heterocycles. The molecule has 5 heteroatoms.